The third kappa shape index (κ3) is 3.96. The van der Waals surface area contributed by atoms with Gasteiger partial charge in [-0.25, -0.2) is 19.0 Å². The van der Waals surface area contributed by atoms with E-state index < -0.39 is 6.09 Å². The SMILES string of the molecule is COC(=O)N[C@@H]1CC[C@@H](N2C(=O)NCc3cnc4[nH]c(-c5cnn(C)c5)c(-c5cccc(F)c5)c4c32)C1. The molecule has 190 valence electrons. The molecule has 0 saturated heterocycles. The Labute approximate surface area is 211 Å². The molecule has 1 aromatic carbocycles. The summed E-state index contributed by atoms with van der Waals surface area (Å²) in [5.74, 6) is -0.358. The van der Waals surface area contributed by atoms with E-state index in [1.165, 1.54) is 19.2 Å². The molecule has 1 aliphatic heterocycles. The topological polar surface area (TPSA) is 117 Å². The highest BCUT2D eigenvalue weighted by molar-refractivity contribution is 6.14. The van der Waals surface area contributed by atoms with Crippen LogP contribution in [0.15, 0.2) is 42.9 Å². The predicted molar refractivity (Wildman–Crippen MR) is 135 cm³/mol. The van der Waals surface area contributed by atoms with Gasteiger partial charge in [0.1, 0.15) is 11.5 Å². The molecule has 11 heteroatoms. The van der Waals surface area contributed by atoms with Crippen LogP contribution in [0, 0.1) is 5.82 Å². The fraction of sp³-hybridized carbons (Fsp3) is 0.308. The second-order valence-electron chi connectivity index (χ2n) is 9.47. The molecule has 2 atom stereocenters. The number of aromatic nitrogens is 4. The number of fused-ring (bicyclic) bond motifs is 3. The molecule has 37 heavy (non-hydrogen) atoms. The number of pyridine rings is 1. The van der Waals surface area contributed by atoms with E-state index in [2.05, 4.69) is 25.7 Å². The number of alkyl carbamates (subject to hydrolysis) is 1. The van der Waals surface area contributed by atoms with E-state index >= 15 is 0 Å². The van der Waals surface area contributed by atoms with Crippen molar-refractivity contribution in [1.82, 2.24) is 30.4 Å². The maximum atomic E-state index is 14.4. The highest BCUT2D eigenvalue weighted by Gasteiger charge is 2.38. The van der Waals surface area contributed by atoms with Gasteiger partial charge in [-0.3, -0.25) is 9.58 Å². The molecule has 3 N–H and O–H groups in total. The minimum atomic E-state index is -0.485. The first kappa shape index (κ1) is 23.0. The van der Waals surface area contributed by atoms with Gasteiger partial charge in [0.15, 0.2) is 0 Å². The number of nitrogens with one attached hydrogen (secondary N) is 3. The molecule has 3 aromatic heterocycles. The second-order valence-corrected chi connectivity index (χ2v) is 9.47. The Morgan fingerprint density at radius 2 is 2.11 bits per heavy atom. The highest BCUT2D eigenvalue weighted by Crippen LogP contribution is 2.45. The van der Waals surface area contributed by atoms with Crippen LogP contribution >= 0.6 is 0 Å². The van der Waals surface area contributed by atoms with Crippen LogP contribution in [-0.4, -0.2) is 51.1 Å². The van der Waals surface area contributed by atoms with Crippen LogP contribution in [0.3, 0.4) is 0 Å². The maximum Gasteiger partial charge on any atom is 0.407 e. The molecular formula is C26H26FN7O3. The van der Waals surface area contributed by atoms with Gasteiger partial charge < -0.3 is 20.4 Å². The number of halogens is 1. The molecule has 1 fully saturated rings. The van der Waals surface area contributed by atoms with Gasteiger partial charge in [0.25, 0.3) is 0 Å². The number of carbonyl (C=O) groups is 2. The van der Waals surface area contributed by atoms with Crippen LogP contribution < -0.4 is 15.5 Å². The summed E-state index contributed by atoms with van der Waals surface area (Å²) in [6, 6.07) is 5.95. The first-order valence-corrected chi connectivity index (χ1v) is 12.1. The van der Waals surface area contributed by atoms with E-state index in [0.717, 1.165) is 39.9 Å². The van der Waals surface area contributed by atoms with E-state index in [1.54, 1.807) is 28.0 Å². The van der Waals surface area contributed by atoms with Gasteiger partial charge in [-0.15, -0.1) is 0 Å². The molecule has 1 saturated carbocycles. The molecule has 3 amide bonds. The van der Waals surface area contributed by atoms with Crippen LogP contribution in [0.1, 0.15) is 24.8 Å². The number of nitrogens with zero attached hydrogens (tertiary/aromatic N) is 4. The lowest BCUT2D eigenvalue weighted by Crippen LogP contribution is -2.49. The number of aryl methyl sites for hydroxylation is 1. The number of ether oxygens (including phenoxy) is 1. The van der Waals surface area contributed by atoms with Crippen LogP contribution in [0.2, 0.25) is 0 Å². The van der Waals surface area contributed by atoms with Crippen LogP contribution in [0.5, 0.6) is 0 Å². The van der Waals surface area contributed by atoms with Crippen molar-refractivity contribution >= 4 is 28.8 Å². The Balaban J connectivity index is 1.55. The minimum absolute atomic E-state index is 0.104. The summed E-state index contributed by atoms with van der Waals surface area (Å²) in [6.45, 7) is 0.333. The largest absolute Gasteiger partial charge is 0.453 e. The van der Waals surface area contributed by atoms with Crippen molar-refractivity contribution < 1.29 is 18.7 Å². The van der Waals surface area contributed by atoms with Gasteiger partial charge >= 0.3 is 12.1 Å². The van der Waals surface area contributed by atoms with E-state index in [0.29, 0.717) is 30.6 Å². The molecule has 0 unspecified atom stereocenters. The van der Waals surface area contributed by atoms with Crippen molar-refractivity contribution in [2.45, 2.75) is 37.9 Å². The molecular weight excluding hydrogens is 477 g/mol. The van der Waals surface area contributed by atoms with Crippen molar-refractivity contribution in [3.05, 3.63) is 54.2 Å². The first-order valence-electron chi connectivity index (χ1n) is 12.1. The molecule has 6 rings (SSSR count). The van der Waals surface area contributed by atoms with Crippen molar-refractivity contribution in [1.29, 1.82) is 0 Å². The number of aromatic amines is 1. The lowest BCUT2D eigenvalue weighted by molar-refractivity contribution is 0.166. The summed E-state index contributed by atoms with van der Waals surface area (Å²) in [4.78, 5) is 35.0. The van der Waals surface area contributed by atoms with Gasteiger partial charge in [0.2, 0.25) is 0 Å². The number of hydrogen-bond donors (Lipinski definition) is 3. The van der Waals surface area contributed by atoms with Crippen molar-refractivity contribution in [2.75, 3.05) is 12.0 Å². The zero-order valence-electron chi connectivity index (χ0n) is 20.4. The third-order valence-electron chi connectivity index (χ3n) is 7.14. The summed E-state index contributed by atoms with van der Waals surface area (Å²) in [5.41, 5.74) is 5.21. The summed E-state index contributed by atoms with van der Waals surface area (Å²) in [5, 5.41) is 10.9. The minimum Gasteiger partial charge on any atom is -0.453 e. The number of methoxy groups -OCH3 is 1. The Morgan fingerprint density at radius 1 is 1.24 bits per heavy atom. The normalized spacial score (nSPS) is 19.1. The van der Waals surface area contributed by atoms with Gasteiger partial charge in [0, 0.05) is 54.8 Å². The number of carbonyl (C=O) groups excluding carboxylic acids is 2. The monoisotopic (exact) mass is 503 g/mol. The lowest BCUT2D eigenvalue weighted by atomic mass is 9.96. The van der Waals surface area contributed by atoms with Gasteiger partial charge in [0.05, 0.1) is 30.1 Å². The predicted octanol–water partition coefficient (Wildman–Crippen LogP) is 4.08. The number of benzene rings is 1. The number of urea groups is 1. The first-order chi connectivity index (χ1) is 17.9. The summed E-state index contributed by atoms with van der Waals surface area (Å²) in [7, 11) is 3.17. The Kier molecular flexibility index (Phi) is 5.54. The quantitative estimate of drug-likeness (QED) is 0.388. The molecule has 0 bridgehead atoms. The summed E-state index contributed by atoms with van der Waals surface area (Å²) >= 11 is 0. The number of hydrogen-bond acceptors (Lipinski definition) is 5. The van der Waals surface area contributed by atoms with E-state index in [1.807, 2.05) is 19.3 Å². The van der Waals surface area contributed by atoms with Crippen LogP contribution in [0.25, 0.3) is 33.4 Å². The summed E-state index contributed by atoms with van der Waals surface area (Å²) in [6.07, 6.45) is 6.91. The number of anilines is 1. The fourth-order valence-electron chi connectivity index (χ4n) is 5.54. The van der Waals surface area contributed by atoms with E-state index in [-0.39, 0.29) is 23.9 Å². The second kappa shape index (κ2) is 8.91. The van der Waals surface area contributed by atoms with E-state index in [9.17, 15) is 14.0 Å². The van der Waals surface area contributed by atoms with Gasteiger partial charge in [-0.1, -0.05) is 12.1 Å². The zero-order valence-corrected chi connectivity index (χ0v) is 20.4. The Morgan fingerprint density at radius 3 is 2.86 bits per heavy atom. The molecule has 4 heterocycles. The average molecular weight is 504 g/mol. The standard InChI is InChI=1S/C26H26FN7O3/c1-33-13-16(12-30-33)22-20(14-4-3-5-17(27)8-14)21-23-15(10-28-24(21)32-22)11-29-25(35)34(23)19-7-6-18(9-19)31-26(36)37-2/h3-5,8,10,12-13,18-19H,6-7,9,11H2,1-2H3,(H,28,32)(H,29,35)(H,31,36)/t18-,19-/m1/s1. The van der Waals surface area contributed by atoms with Crippen molar-refractivity contribution in [3.8, 4) is 22.4 Å². The molecule has 1 aliphatic carbocycles. The fourth-order valence-corrected chi connectivity index (χ4v) is 5.54. The zero-order chi connectivity index (χ0) is 25.7. The molecule has 10 nitrogen and oxygen atoms in total. The number of rotatable bonds is 4. The van der Waals surface area contributed by atoms with Gasteiger partial charge in [-0.2, -0.15) is 5.10 Å². The van der Waals surface area contributed by atoms with Crippen molar-refractivity contribution in [2.24, 2.45) is 7.05 Å². The smallest absolute Gasteiger partial charge is 0.407 e. The number of amides is 3. The van der Waals surface area contributed by atoms with Gasteiger partial charge in [-0.05, 0) is 37.0 Å². The third-order valence-corrected chi connectivity index (χ3v) is 7.14. The average Bonchev–Trinajstić information content (AvgIpc) is 3.62. The summed E-state index contributed by atoms with van der Waals surface area (Å²) < 4.78 is 20.9. The van der Waals surface area contributed by atoms with E-state index in [4.69, 9.17) is 4.74 Å². The van der Waals surface area contributed by atoms with Crippen LogP contribution in [-0.2, 0) is 18.3 Å². The highest BCUT2D eigenvalue weighted by atomic mass is 19.1. The lowest BCUT2D eigenvalue weighted by Gasteiger charge is -2.35. The molecule has 0 radical (unpaired) electrons. The van der Waals surface area contributed by atoms with Crippen molar-refractivity contribution in [3.63, 3.8) is 0 Å². The Hall–Kier alpha value is -4.41. The Bertz CT molecular complexity index is 1530. The molecule has 0 spiro atoms. The van der Waals surface area contributed by atoms with Crippen LogP contribution in [0.4, 0.5) is 19.7 Å². The molecule has 4 aromatic rings. The maximum absolute atomic E-state index is 14.4. The number of H-pyrrole nitrogens is 1. The molecule has 2 aliphatic rings.